The average molecular weight is 317 g/mol. The molecular formula is C13H12Cl3N3. The van der Waals surface area contributed by atoms with Crippen molar-refractivity contribution in [1.29, 1.82) is 0 Å². The van der Waals surface area contributed by atoms with Crippen LogP contribution in [0.1, 0.15) is 0 Å². The van der Waals surface area contributed by atoms with Crippen LogP contribution in [0.5, 0.6) is 0 Å². The number of nitrogens with zero attached hydrogens (tertiary/aromatic N) is 2. The van der Waals surface area contributed by atoms with E-state index < -0.39 is 0 Å². The van der Waals surface area contributed by atoms with Gasteiger partial charge in [-0.15, -0.1) is 0 Å². The van der Waals surface area contributed by atoms with Crippen LogP contribution < -0.4 is 10.2 Å². The third kappa shape index (κ3) is 3.44. The van der Waals surface area contributed by atoms with E-state index in [1.807, 2.05) is 43.3 Å². The second-order valence-corrected chi connectivity index (χ2v) is 5.33. The van der Waals surface area contributed by atoms with Gasteiger partial charge in [0.15, 0.2) is 5.82 Å². The number of rotatable bonds is 3. The van der Waals surface area contributed by atoms with Crippen LogP contribution in [0.15, 0.2) is 30.3 Å². The smallest absolute Gasteiger partial charge is 0.151 e. The van der Waals surface area contributed by atoms with E-state index in [0.29, 0.717) is 15.9 Å². The molecule has 0 aliphatic heterocycles. The molecule has 1 aromatic heterocycles. The van der Waals surface area contributed by atoms with E-state index in [4.69, 9.17) is 34.8 Å². The topological polar surface area (TPSA) is 28.2 Å². The van der Waals surface area contributed by atoms with Crippen LogP contribution in [0, 0.1) is 0 Å². The monoisotopic (exact) mass is 315 g/mol. The van der Waals surface area contributed by atoms with E-state index >= 15 is 0 Å². The Hall–Kier alpha value is -1.16. The molecule has 0 radical (unpaired) electrons. The van der Waals surface area contributed by atoms with Gasteiger partial charge in [0, 0.05) is 25.5 Å². The van der Waals surface area contributed by atoms with Crippen LogP contribution in [-0.2, 0) is 0 Å². The molecule has 0 aliphatic rings. The van der Waals surface area contributed by atoms with Crippen molar-refractivity contribution in [2.24, 2.45) is 0 Å². The molecule has 3 nitrogen and oxygen atoms in total. The van der Waals surface area contributed by atoms with Crippen LogP contribution in [-0.4, -0.2) is 19.1 Å². The molecule has 1 heterocycles. The number of benzene rings is 1. The van der Waals surface area contributed by atoms with E-state index in [2.05, 4.69) is 10.3 Å². The minimum atomic E-state index is 0.221. The Kier molecular flexibility index (Phi) is 4.40. The molecule has 19 heavy (non-hydrogen) atoms. The molecule has 0 unspecified atom stereocenters. The minimum Gasteiger partial charge on any atom is -0.378 e. The highest BCUT2D eigenvalue weighted by Crippen LogP contribution is 2.31. The zero-order chi connectivity index (χ0) is 14.0. The van der Waals surface area contributed by atoms with Gasteiger partial charge in [0.2, 0.25) is 0 Å². The molecule has 0 fully saturated rings. The summed E-state index contributed by atoms with van der Waals surface area (Å²) in [7, 11) is 3.97. The Morgan fingerprint density at radius 3 is 2.21 bits per heavy atom. The van der Waals surface area contributed by atoms with Crippen LogP contribution in [0.3, 0.4) is 0 Å². The number of pyridine rings is 1. The summed E-state index contributed by atoms with van der Waals surface area (Å²) in [6, 6.07) is 9.43. The third-order valence-corrected chi connectivity index (χ3v) is 3.49. The predicted molar refractivity (Wildman–Crippen MR) is 83.3 cm³/mol. The molecule has 0 saturated heterocycles. The third-order valence-electron chi connectivity index (χ3n) is 2.53. The molecule has 1 N–H and O–H groups in total. The SMILES string of the molecule is CN(C)c1ccc(Nc2nc(Cl)c(Cl)cc2Cl)cc1. The highest BCUT2D eigenvalue weighted by Gasteiger charge is 2.08. The second kappa shape index (κ2) is 5.87. The zero-order valence-corrected chi connectivity index (χ0v) is 12.7. The minimum absolute atomic E-state index is 0.221. The fourth-order valence-corrected chi connectivity index (χ4v) is 2.06. The quantitative estimate of drug-likeness (QED) is 0.820. The average Bonchev–Trinajstić information content (AvgIpc) is 2.36. The van der Waals surface area contributed by atoms with Crippen molar-refractivity contribution in [2.75, 3.05) is 24.3 Å². The molecule has 0 bridgehead atoms. The Labute approximate surface area is 127 Å². The maximum Gasteiger partial charge on any atom is 0.151 e. The van der Waals surface area contributed by atoms with Crippen LogP contribution >= 0.6 is 34.8 Å². The number of nitrogens with one attached hydrogen (secondary N) is 1. The lowest BCUT2D eigenvalue weighted by Crippen LogP contribution is -2.08. The summed E-state index contributed by atoms with van der Waals surface area (Å²) in [5, 5.41) is 4.08. The van der Waals surface area contributed by atoms with Crippen LogP contribution in [0.2, 0.25) is 15.2 Å². The maximum atomic E-state index is 6.06. The molecule has 6 heteroatoms. The second-order valence-electron chi connectivity index (χ2n) is 4.16. The molecule has 0 atom stereocenters. The molecular weight excluding hydrogens is 305 g/mol. The summed E-state index contributed by atoms with van der Waals surface area (Å²) >= 11 is 17.8. The van der Waals surface area contributed by atoms with Crippen LogP contribution in [0.4, 0.5) is 17.2 Å². The number of hydrogen-bond acceptors (Lipinski definition) is 3. The molecule has 0 aliphatic carbocycles. The summed E-state index contributed by atoms with van der Waals surface area (Å²) in [4.78, 5) is 6.13. The number of hydrogen-bond donors (Lipinski definition) is 1. The lowest BCUT2D eigenvalue weighted by molar-refractivity contribution is 1.13. The molecule has 2 aromatic rings. The molecule has 100 valence electrons. The maximum absolute atomic E-state index is 6.06. The van der Waals surface area contributed by atoms with Gasteiger partial charge < -0.3 is 10.2 Å². The van der Waals surface area contributed by atoms with E-state index in [-0.39, 0.29) is 5.15 Å². The Morgan fingerprint density at radius 1 is 1.00 bits per heavy atom. The standard InChI is InChI=1S/C13H12Cl3N3/c1-19(2)9-5-3-8(4-6-9)17-13-11(15)7-10(14)12(16)18-13/h3-7H,1-2H3,(H,17,18). The van der Waals surface area contributed by atoms with Gasteiger partial charge in [0.1, 0.15) is 5.15 Å². The largest absolute Gasteiger partial charge is 0.378 e. The normalized spacial score (nSPS) is 10.4. The first-order valence-corrected chi connectivity index (χ1v) is 6.66. The Morgan fingerprint density at radius 2 is 1.63 bits per heavy atom. The molecule has 0 amide bonds. The van der Waals surface area contributed by atoms with Crippen molar-refractivity contribution < 1.29 is 0 Å². The van der Waals surface area contributed by atoms with Crippen molar-refractivity contribution in [1.82, 2.24) is 4.98 Å². The molecule has 2 rings (SSSR count). The lowest BCUT2D eigenvalue weighted by Gasteiger charge is -2.13. The van der Waals surface area contributed by atoms with Gasteiger partial charge in [-0.05, 0) is 30.3 Å². The summed E-state index contributed by atoms with van der Waals surface area (Å²) in [6.07, 6.45) is 0. The summed E-state index contributed by atoms with van der Waals surface area (Å²) in [6.45, 7) is 0. The lowest BCUT2D eigenvalue weighted by atomic mass is 10.2. The Bertz CT molecular complexity index is 582. The highest BCUT2D eigenvalue weighted by atomic mass is 35.5. The first kappa shape index (κ1) is 14.3. The summed E-state index contributed by atoms with van der Waals surface area (Å²) < 4.78 is 0. The Balaban J connectivity index is 2.24. The van der Waals surface area contributed by atoms with Gasteiger partial charge in [-0.3, -0.25) is 0 Å². The predicted octanol–water partition coefficient (Wildman–Crippen LogP) is 4.85. The van der Waals surface area contributed by atoms with Gasteiger partial charge in [0.05, 0.1) is 10.0 Å². The van der Waals surface area contributed by atoms with Gasteiger partial charge in [-0.25, -0.2) is 4.98 Å². The van der Waals surface area contributed by atoms with Crippen molar-refractivity contribution in [2.45, 2.75) is 0 Å². The van der Waals surface area contributed by atoms with Crippen molar-refractivity contribution in [3.8, 4) is 0 Å². The van der Waals surface area contributed by atoms with Gasteiger partial charge in [-0.2, -0.15) is 0 Å². The fraction of sp³-hybridized carbons (Fsp3) is 0.154. The number of anilines is 3. The first-order valence-electron chi connectivity index (χ1n) is 5.53. The van der Waals surface area contributed by atoms with E-state index in [0.717, 1.165) is 11.4 Å². The van der Waals surface area contributed by atoms with E-state index in [1.165, 1.54) is 0 Å². The van der Waals surface area contributed by atoms with Crippen molar-refractivity contribution in [3.05, 3.63) is 45.5 Å². The summed E-state index contributed by atoms with van der Waals surface area (Å²) in [5.74, 6) is 0.480. The summed E-state index contributed by atoms with van der Waals surface area (Å²) in [5.41, 5.74) is 1.98. The van der Waals surface area contributed by atoms with E-state index in [1.54, 1.807) is 6.07 Å². The van der Waals surface area contributed by atoms with E-state index in [9.17, 15) is 0 Å². The first-order chi connectivity index (χ1) is 8.97. The number of aromatic nitrogens is 1. The highest BCUT2D eigenvalue weighted by molar-refractivity contribution is 6.43. The van der Waals surface area contributed by atoms with Crippen LogP contribution in [0.25, 0.3) is 0 Å². The molecule has 1 aromatic carbocycles. The van der Waals surface area contributed by atoms with Crippen molar-refractivity contribution in [3.63, 3.8) is 0 Å². The number of halogens is 3. The van der Waals surface area contributed by atoms with Gasteiger partial charge >= 0.3 is 0 Å². The fourth-order valence-electron chi connectivity index (χ4n) is 1.51. The van der Waals surface area contributed by atoms with Gasteiger partial charge in [-0.1, -0.05) is 34.8 Å². The molecule has 0 saturated carbocycles. The zero-order valence-electron chi connectivity index (χ0n) is 10.4. The van der Waals surface area contributed by atoms with Gasteiger partial charge in [0.25, 0.3) is 0 Å². The molecule has 0 spiro atoms. The van der Waals surface area contributed by atoms with Crippen molar-refractivity contribution >= 4 is 52.0 Å².